The Labute approximate surface area is 114 Å². The highest BCUT2D eigenvalue weighted by atomic mass is 127. The summed E-state index contributed by atoms with van der Waals surface area (Å²) in [5, 5.41) is 0. The maximum Gasteiger partial charge on any atom is 0.117 e. The van der Waals surface area contributed by atoms with Crippen molar-refractivity contribution in [2.24, 2.45) is 0 Å². The fourth-order valence-electron chi connectivity index (χ4n) is 0.583. The number of hydrogen-bond donors (Lipinski definition) is 0. The van der Waals surface area contributed by atoms with Crippen LogP contribution in [0.25, 0.3) is 6.08 Å². The molecule has 0 aliphatic rings. The summed E-state index contributed by atoms with van der Waals surface area (Å²) in [7, 11) is 0. The van der Waals surface area contributed by atoms with Crippen molar-refractivity contribution in [3.05, 3.63) is 22.7 Å². The fourth-order valence-corrected chi connectivity index (χ4v) is 2.63. The highest BCUT2D eigenvalue weighted by Gasteiger charge is 2.03. The van der Waals surface area contributed by atoms with E-state index in [0.717, 1.165) is 16.4 Å². The lowest BCUT2D eigenvalue weighted by atomic mass is 10.3. The quantitative estimate of drug-likeness (QED) is 0.420. The van der Waals surface area contributed by atoms with Crippen molar-refractivity contribution in [1.29, 1.82) is 0 Å². The summed E-state index contributed by atoms with van der Waals surface area (Å²) in [4.78, 5) is 8.16. The smallest absolute Gasteiger partial charge is 0.117 e. The van der Waals surface area contributed by atoms with Gasteiger partial charge in [-0.25, -0.2) is 9.97 Å². The van der Waals surface area contributed by atoms with E-state index in [0.29, 0.717) is 0 Å². The van der Waals surface area contributed by atoms with E-state index in [1.807, 2.05) is 6.08 Å². The van der Waals surface area contributed by atoms with Crippen LogP contribution in [0.2, 0.25) is 0 Å². The fraction of sp³-hybridized carbons (Fsp3) is 0. The van der Waals surface area contributed by atoms with Gasteiger partial charge in [-0.15, -0.1) is 0 Å². The Morgan fingerprint density at radius 1 is 1.25 bits per heavy atom. The Kier molecular flexibility index (Phi) is 4.91. The highest BCUT2D eigenvalue weighted by Crippen LogP contribution is 2.23. The molecule has 0 fully saturated rings. The Morgan fingerprint density at radius 3 is 2.17 bits per heavy atom. The summed E-state index contributed by atoms with van der Waals surface area (Å²) < 4.78 is 2.78. The first kappa shape index (κ1) is 11.3. The molecule has 0 unspecified atom stereocenters. The summed E-state index contributed by atoms with van der Waals surface area (Å²) in [5.41, 5.74) is 1.03. The van der Waals surface area contributed by atoms with Crippen LogP contribution in [-0.4, -0.2) is 9.97 Å². The standard InChI is InChI=1S/C6H2Br2I2N2/c7-4(8)1-3-5(9)11-2-12-6(3)10/h1-2H. The molecule has 0 aromatic carbocycles. The van der Waals surface area contributed by atoms with Crippen molar-refractivity contribution >= 4 is 83.1 Å². The molecule has 64 valence electrons. The molecule has 0 spiro atoms. The van der Waals surface area contributed by atoms with Crippen LogP contribution in [-0.2, 0) is 0 Å². The molecule has 1 rings (SSSR count). The zero-order chi connectivity index (χ0) is 9.14. The van der Waals surface area contributed by atoms with E-state index in [2.05, 4.69) is 87.0 Å². The van der Waals surface area contributed by atoms with Gasteiger partial charge in [-0.3, -0.25) is 0 Å². The topological polar surface area (TPSA) is 25.8 Å². The van der Waals surface area contributed by atoms with Crippen molar-refractivity contribution in [1.82, 2.24) is 9.97 Å². The van der Waals surface area contributed by atoms with Crippen molar-refractivity contribution in [2.45, 2.75) is 0 Å². The van der Waals surface area contributed by atoms with Gasteiger partial charge in [-0.05, 0) is 83.1 Å². The number of halogens is 4. The maximum absolute atomic E-state index is 4.08. The second-order valence-electron chi connectivity index (χ2n) is 1.80. The summed E-state index contributed by atoms with van der Waals surface area (Å²) in [5.74, 6) is 0. The van der Waals surface area contributed by atoms with Crippen molar-refractivity contribution in [2.75, 3.05) is 0 Å². The van der Waals surface area contributed by atoms with Crippen molar-refractivity contribution in [3.63, 3.8) is 0 Å². The Bertz CT molecular complexity index is 303. The van der Waals surface area contributed by atoms with Crippen molar-refractivity contribution in [3.8, 4) is 0 Å². The minimum absolute atomic E-state index is 0.889. The first-order chi connectivity index (χ1) is 5.61. The lowest BCUT2D eigenvalue weighted by Crippen LogP contribution is -1.93. The van der Waals surface area contributed by atoms with Gasteiger partial charge < -0.3 is 0 Å². The minimum Gasteiger partial charge on any atom is -0.230 e. The van der Waals surface area contributed by atoms with Gasteiger partial charge in [0.25, 0.3) is 0 Å². The number of rotatable bonds is 1. The van der Waals surface area contributed by atoms with E-state index in [9.17, 15) is 0 Å². The molecule has 0 saturated heterocycles. The van der Waals surface area contributed by atoms with E-state index in [4.69, 9.17) is 0 Å². The molecule has 0 atom stereocenters. The predicted molar refractivity (Wildman–Crippen MR) is 73.3 cm³/mol. The van der Waals surface area contributed by atoms with Gasteiger partial charge in [0, 0.05) is 5.56 Å². The van der Waals surface area contributed by atoms with Gasteiger partial charge in [0.1, 0.15) is 13.7 Å². The monoisotopic (exact) mass is 514 g/mol. The molecular formula is C6H2Br2I2N2. The van der Waals surface area contributed by atoms with Gasteiger partial charge in [0.15, 0.2) is 0 Å². The predicted octanol–water partition coefficient (Wildman–Crippen LogP) is 3.77. The van der Waals surface area contributed by atoms with Gasteiger partial charge >= 0.3 is 0 Å². The van der Waals surface area contributed by atoms with E-state index < -0.39 is 0 Å². The number of hydrogen-bond acceptors (Lipinski definition) is 2. The highest BCUT2D eigenvalue weighted by molar-refractivity contribution is 14.1. The van der Waals surface area contributed by atoms with E-state index in [-0.39, 0.29) is 0 Å². The third kappa shape index (κ3) is 3.18. The Balaban J connectivity index is 3.22. The normalized spacial score (nSPS) is 9.67. The molecule has 0 amide bonds. The lowest BCUT2D eigenvalue weighted by Gasteiger charge is -1.98. The van der Waals surface area contributed by atoms with Crippen LogP contribution in [0.5, 0.6) is 0 Å². The lowest BCUT2D eigenvalue weighted by molar-refractivity contribution is 1.10. The van der Waals surface area contributed by atoms with Crippen LogP contribution in [0.1, 0.15) is 5.56 Å². The first-order valence-corrected chi connectivity index (χ1v) is 6.54. The molecule has 2 nitrogen and oxygen atoms in total. The van der Waals surface area contributed by atoms with Gasteiger partial charge in [0.2, 0.25) is 0 Å². The molecule has 0 bridgehead atoms. The molecule has 1 aromatic rings. The molecule has 1 aromatic heterocycles. The van der Waals surface area contributed by atoms with Gasteiger partial charge in [-0.2, -0.15) is 0 Å². The van der Waals surface area contributed by atoms with E-state index >= 15 is 0 Å². The molecule has 0 N–H and O–H groups in total. The zero-order valence-corrected chi connectivity index (χ0v) is 13.0. The first-order valence-electron chi connectivity index (χ1n) is 2.80. The molecule has 6 heteroatoms. The third-order valence-electron chi connectivity index (χ3n) is 1.04. The summed E-state index contributed by atoms with van der Waals surface area (Å²) >= 11 is 10.9. The van der Waals surface area contributed by atoms with Crippen LogP contribution >= 0.6 is 77.0 Å². The number of aromatic nitrogens is 2. The molecule has 0 aliphatic carbocycles. The SMILES string of the molecule is BrC(Br)=Cc1c(I)ncnc1I. The van der Waals surface area contributed by atoms with Crippen LogP contribution in [0.15, 0.2) is 9.72 Å². The van der Waals surface area contributed by atoms with Crippen LogP contribution in [0.3, 0.4) is 0 Å². The van der Waals surface area contributed by atoms with Crippen LogP contribution in [0, 0.1) is 7.40 Å². The molecule has 0 saturated carbocycles. The van der Waals surface area contributed by atoms with E-state index in [1.54, 1.807) is 6.33 Å². The van der Waals surface area contributed by atoms with Crippen molar-refractivity contribution < 1.29 is 0 Å². The van der Waals surface area contributed by atoms with Crippen LogP contribution in [0.4, 0.5) is 0 Å². The molecule has 12 heavy (non-hydrogen) atoms. The molecule has 0 radical (unpaired) electrons. The molecule has 0 aliphatic heterocycles. The molecule has 1 heterocycles. The summed E-state index contributed by atoms with van der Waals surface area (Å²) in [6, 6.07) is 0. The minimum atomic E-state index is 0.889. The largest absolute Gasteiger partial charge is 0.230 e. The average molecular weight is 516 g/mol. The summed E-state index contributed by atoms with van der Waals surface area (Å²) in [6.07, 6.45) is 3.49. The molecular weight excluding hydrogens is 514 g/mol. The Hall–Kier alpha value is 1.24. The second kappa shape index (κ2) is 5.20. The van der Waals surface area contributed by atoms with E-state index in [1.165, 1.54) is 0 Å². The summed E-state index contributed by atoms with van der Waals surface area (Å²) in [6.45, 7) is 0. The Morgan fingerprint density at radius 2 is 1.75 bits per heavy atom. The second-order valence-corrected chi connectivity index (χ2v) is 6.62. The third-order valence-corrected chi connectivity index (χ3v) is 3.22. The van der Waals surface area contributed by atoms with Gasteiger partial charge in [0.05, 0.1) is 3.39 Å². The average Bonchev–Trinajstić information content (AvgIpc) is 1.97. The van der Waals surface area contributed by atoms with Gasteiger partial charge in [-0.1, -0.05) is 0 Å². The number of nitrogens with zero attached hydrogens (tertiary/aromatic N) is 2. The van der Waals surface area contributed by atoms with Crippen LogP contribution < -0.4 is 0 Å². The zero-order valence-electron chi connectivity index (χ0n) is 5.56. The maximum atomic E-state index is 4.08.